The molecule has 38 heavy (non-hydrogen) atoms. The van der Waals surface area contributed by atoms with Crippen molar-refractivity contribution in [3.05, 3.63) is 96.3 Å². The minimum absolute atomic E-state index is 0.287. The average Bonchev–Trinajstić information content (AvgIpc) is 3.61. The molecule has 1 saturated heterocycles. The van der Waals surface area contributed by atoms with Crippen molar-refractivity contribution in [1.29, 1.82) is 0 Å². The molecular weight excluding hydrogens is 483 g/mol. The Morgan fingerprint density at radius 3 is 2.61 bits per heavy atom. The van der Waals surface area contributed by atoms with Crippen LogP contribution in [0.4, 0.5) is 10.1 Å². The number of nitrogens with zero attached hydrogens (tertiary/aromatic N) is 4. The molecule has 8 nitrogen and oxygen atoms in total. The van der Waals surface area contributed by atoms with Crippen LogP contribution in [0.25, 0.3) is 22.0 Å². The van der Waals surface area contributed by atoms with E-state index in [9.17, 15) is 9.18 Å². The minimum Gasteiger partial charge on any atom is -0.439 e. The maximum absolute atomic E-state index is 13.1. The Morgan fingerprint density at radius 2 is 1.82 bits per heavy atom. The number of likely N-dealkylation sites (tertiary alicyclic amines) is 1. The van der Waals surface area contributed by atoms with Crippen molar-refractivity contribution in [2.75, 3.05) is 18.4 Å². The number of carbonyl (C=O) groups is 1. The molecule has 0 aliphatic carbocycles. The van der Waals surface area contributed by atoms with Crippen molar-refractivity contribution in [2.24, 2.45) is 0 Å². The van der Waals surface area contributed by atoms with Gasteiger partial charge in [0.15, 0.2) is 5.69 Å². The maximum Gasteiger partial charge on any atom is 0.276 e. The molecule has 0 radical (unpaired) electrons. The molecule has 0 bridgehead atoms. The summed E-state index contributed by atoms with van der Waals surface area (Å²) in [4.78, 5) is 24.2. The second-order valence-corrected chi connectivity index (χ2v) is 9.29. The SMILES string of the molecule is O=C(Nc1ccc(Oc2ccc(F)cc2)nc1)c1n[nH]c2ccc(-c3cncc(CN4CCCC4)c3)cc12. The van der Waals surface area contributed by atoms with Gasteiger partial charge in [-0.25, -0.2) is 9.37 Å². The molecule has 0 spiro atoms. The fraction of sp³-hybridized carbons (Fsp3) is 0.172. The number of benzene rings is 2. The first-order chi connectivity index (χ1) is 18.6. The van der Waals surface area contributed by atoms with Crippen molar-refractivity contribution < 1.29 is 13.9 Å². The Kier molecular flexibility index (Phi) is 6.49. The number of nitrogens with one attached hydrogen (secondary N) is 2. The average molecular weight is 509 g/mol. The Morgan fingerprint density at radius 1 is 0.974 bits per heavy atom. The number of anilines is 1. The molecule has 190 valence electrons. The molecule has 6 rings (SSSR count). The standard InChI is InChI=1S/C29H25FN6O2/c30-22-4-7-24(8-5-22)38-27-10-6-23(17-32-27)33-29(37)28-25-14-20(3-9-26(25)34-35-28)21-13-19(15-31-16-21)18-36-11-1-2-12-36/h3-10,13-17H,1-2,11-12,18H2,(H,33,37)(H,34,35). The second kappa shape index (κ2) is 10.4. The Labute approximate surface area is 218 Å². The summed E-state index contributed by atoms with van der Waals surface area (Å²) in [6.45, 7) is 3.15. The lowest BCUT2D eigenvalue weighted by Crippen LogP contribution is -2.18. The molecule has 3 aromatic heterocycles. The van der Waals surface area contributed by atoms with Gasteiger partial charge in [0, 0.05) is 36.0 Å². The van der Waals surface area contributed by atoms with Gasteiger partial charge in [-0.1, -0.05) is 6.07 Å². The molecule has 1 fully saturated rings. The van der Waals surface area contributed by atoms with Crippen LogP contribution in [0.3, 0.4) is 0 Å². The number of carbonyl (C=O) groups excluding carboxylic acids is 1. The van der Waals surface area contributed by atoms with Crippen LogP contribution in [0.5, 0.6) is 11.6 Å². The fourth-order valence-corrected chi connectivity index (χ4v) is 4.63. The molecule has 1 aliphatic heterocycles. The lowest BCUT2D eigenvalue weighted by molar-refractivity contribution is 0.102. The number of hydrogen-bond acceptors (Lipinski definition) is 6. The number of aromatic amines is 1. The maximum atomic E-state index is 13.1. The van der Waals surface area contributed by atoms with Gasteiger partial charge >= 0.3 is 0 Å². The fourth-order valence-electron chi connectivity index (χ4n) is 4.63. The first kappa shape index (κ1) is 23.7. The number of H-pyrrole nitrogens is 1. The van der Waals surface area contributed by atoms with Gasteiger partial charge in [0.05, 0.1) is 17.4 Å². The third-order valence-electron chi connectivity index (χ3n) is 6.54. The van der Waals surface area contributed by atoms with Gasteiger partial charge < -0.3 is 10.1 Å². The number of aromatic nitrogens is 4. The summed E-state index contributed by atoms with van der Waals surface area (Å²) in [6.07, 6.45) is 7.75. The molecular formula is C29H25FN6O2. The molecule has 0 unspecified atom stereocenters. The summed E-state index contributed by atoms with van der Waals surface area (Å²) in [5, 5.41) is 10.7. The minimum atomic E-state index is -0.358. The van der Waals surface area contributed by atoms with E-state index in [1.807, 2.05) is 30.6 Å². The summed E-state index contributed by atoms with van der Waals surface area (Å²) in [6, 6.07) is 17.0. The van der Waals surface area contributed by atoms with E-state index in [0.29, 0.717) is 22.7 Å². The second-order valence-electron chi connectivity index (χ2n) is 9.29. The number of amides is 1. The zero-order valence-corrected chi connectivity index (χ0v) is 20.5. The summed E-state index contributed by atoms with van der Waals surface area (Å²) in [5.74, 6) is 0.0868. The number of hydrogen-bond donors (Lipinski definition) is 2. The van der Waals surface area contributed by atoms with Crippen molar-refractivity contribution in [3.63, 3.8) is 0 Å². The highest BCUT2D eigenvalue weighted by Gasteiger charge is 2.17. The normalized spacial score (nSPS) is 13.6. The lowest BCUT2D eigenvalue weighted by Gasteiger charge is -2.14. The van der Waals surface area contributed by atoms with Crippen LogP contribution in [0.15, 0.2) is 79.3 Å². The van der Waals surface area contributed by atoms with Gasteiger partial charge in [0.2, 0.25) is 5.88 Å². The van der Waals surface area contributed by atoms with Gasteiger partial charge in [-0.05, 0) is 85.6 Å². The summed E-state index contributed by atoms with van der Waals surface area (Å²) in [7, 11) is 0. The van der Waals surface area contributed by atoms with Gasteiger partial charge in [0.1, 0.15) is 11.6 Å². The van der Waals surface area contributed by atoms with Gasteiger partial charge in [-0.3, -0.25) is 19.8 Å². The number of halogens is 1. The largest absolute Gasteiger partial charge is 0.439 e. The monoisotopic (exact) mass is 508 g/mol. The lowest BCUT2D eigenvalue weighted by atomic mass is 10.0. The van der Waals surface area contributed by atoms with E-state index in [1.54, 1.807) is 12.1 Å². The van der Waals surface area contributed by atoms with Crippen molar-refractivity contribution >= 4 is 22.5 Å². The van der Waals surface area contributed by atoms with Gasteiger partial charge in [-0.15, -0.1) is 0 Å². The highest BCUT2D eigenvalue weighted by molar-refractivity contribution is 6.11. The highest BCUT2D eigenvalue weighted by Crippen LogP contribution is 2.27. The first-order valence-corrected chi connectivity index (χ1v) is 12.5. The number of ether oxygens (including phenoxy) is 1. The quantitative estimate of drug-likeness (QED) is 0.289. The van der Waals surface area contributed by atoms with Crippen LogP contribution in [0.1, 0.15) is 28.9 Å². The molecule has 5 aromatic rings. The zero-order valence-electron chi connectivity index (χ0n) is 20.5. The van der Waals surface area contributed by atoms with E-state index >= 15 is 0 Å². The predicted octanol–water partition coefficient (Wildman–Crippen LogP) is 5.80. The Hall–Kier alpha value is -4.63. The van der Waals surface area contributed by atoms with E-state index in [-0.39, 0.29) is 17.4 Å². The number of fused-ring (bicyclic) bond motifs is 1. The van der Waals surface area contributed by atoms with E-state index in [4.69, 9.17) is 4.74 Å². The zero-order chi connectivity index (χ0) is 25.9. The number of rotatable bonds is 7. The highest BCUT2D eigenvalue weighted by atomic mass is 19.1. The third-order valence-corrected chi connectivity index (χ3v) is 6.54. The molecule has 0 atom stereocenters. The van der Waals surface area contributed by atoms with Crippen LogP contribution < -0.4 is 10.1 Å². The van der Waals surface area contributed by atoms with Crippen LogP contribution >= 0.6 is 0 Å². The molecule has 1 amide bonds. The number of pyridine rings is 2. The van der Waals surface area contributed by atoms with Gasteiger partial charge in [-0.2, -0.15) is 5.10 Å². The van der Waals surface area contributed by atoms with E-state index < -0.39 is 0 Å². The summed E-state index contributed by atoms with van der Waals surface area (Å²) < 4.78 is 18.7. The van der Waals surface area contributed by atoms with Crippen LogP contribution in [-0.2, 0) is 6.54 Å². The van der Waals surface area contributed by atoms with Crippen LogP contribution in [0, 0.1) is 5.82 Å². The van der Waals surface area contributed by atoms with E-state index in [2.05, 4.69) is 36.4 Å². The van der Waals surface area contributed by atoms with Gasteiger partial charge in [0.25, 0.3) is 5.91 Å². The summed E-state index contributed by atoms with van der Waals surface area (Å²) >= 11 is 0. The smallest absolute Gasteiger partial charge is 0.276 e. The molecule has 4 heterocycles. The topological polar surface area (TPSA) is 96.0 Å². The third kappa shape index (κ3) is 5.23. The van der Waals surface area contributed by atoms with E-state index in [1.165, 1.54) is 48.9 Å². The summed E-state index contributed by atoms with van der Waals surface area (Å²) in [5.41, 5.74) is 4.68. The molecule has 1 aliphatic rings. The first-order valence-electron chi connectivity index (χ1n) is 12.5. The molecule has 2 N–H and O–H groups in total. The van der Waals surface area contributed by atoms with Crippen molar-refractivity contribution in [3.8, 4) is 22.8 Å². The Balaban J connectivity index is 1.18. The Bertz CT molecular complexity index is 1580. The van der Waals surface area contributed by atoms with Crippen LogP contribution in [0.2, 0.25) is 0 Å². The van der Waals surface area contributed by atoms with Crippen LogP contribution in [-0.4, -0.2) is 44.1 Å². The molecule has 2 aromatic carbocycles. The van der Waals surface area contributed by atoms with Crippen molar-refractivity contribution in [1.82, 2.24) is 25.1 Å². The molecule has 9 heteroatoms. The van der Waals surface area contributed by atoms with E-state index in [0.717, 1.165) is 36.3 Å². The predicted molar refractivity (Wildman–Crippen MR) is 142 cm³/mol. The molecule has 0 saturated carbocycles. The van der Waals surface area contributed by atoms with Crippen molar-refractivity contribution in [2.45, 2.75) is 19.4 Å².